The zero-order valence-corrected chi connectivity index (χ0v) is 23.9. The van der Waals surface area contributed by atoms with Crippen molar-refractivity contribution in [2.45, 2.75) is 19.9 Å². The van der Waals surface area contributed by atoms with Gasteiger partial charge >= 0.3 is 11.9 Å². The van der Waals surface area contributed by atoms with Crippen molar-refractivity contribution in [3.63, 3.8) is 0 Å². The average molecular weight is 617 g/mol. The molecule has 1 aliphatic heterocycles. The highest BCUT2D eigenvalue weighted by Crippen LogP contribution is 2.35. The lowest BCUT2D eigenvalue weighted by molar-refractivity contribution is -0.140. The minimum absolute atomic E-state index is 0.174. The molecule has 10 nitrogen and oxygen atoms in total. The smallest absolute Gasteiger partial charge is 0.341 e. The van der Waals surface area contributed by atoms with Crippen molar-refractivity contribution < 1.29 is 33.6 Å². The standard InChI is InChI=1S/C27H25BrN2O8S/c1-5-37-26(34)23-14(2)29-27-30(24(23)16-7-9-18(35-3)17(28)12-16)25(33)21(39-27)11-15-6-8-19(20(10-15)36-4)38-13-22(31)32/h6-12,24H,5,13H2,1-4H3,(H,31,32)/b21-11+/t24-/m1/s1. The molecule has 0 fully saturated rings. The van der Waals surface area contributed by atoms with Crippen LogP contribution in [0, 0.1) is 0 Å². The second-order valence-electron chi connectivity index (χ2n) is 8.29. The maximum Gasteiger partial charge on any atom is 0.341 e. The van der Waals surface area contributed by atoms with Crippen LogP contribution >= 0.6 is 27.3 Å². The molecule has 2 heterocycles. The zero-order chi connectivity index (χ0) is 28.3. The first kappa shape index (κ1) is 28.1. The summed E-state index contributed by atoms with van der Waals surface area (Å²) in [5, 5.41) is 8.89. The van der Waals surface area contributed by atoms with E-state index in [1.54, 1.807) is 63.4 Å². The van der Waals surface area contributed by atoms with Gasteiger partial charge in [0, 0.05) is 0 Å². The highest BCUT2D eigenvalue weighted by molar-refractivity contribution is 9.10. The number of thiazole rings is 1. The molecule has 4 rings (SSSR count). The van der Waals surface area contributed by atoms with Crippen molar-refractivity contribution in [3.8, 4) is 17.2 Å². The van der Waals surface area contributed by atoms with Crippen LogP contribution in [0.1, 0.15) is 31.0 Å². The molecule has 1 N–H and O–H groups in total. The van der Waals surface area contributed by atoms with Gasteiger partial charge in [-0.15, -0.1) is 0 Å². The molecule has 3 aromatic rings. The number of aliphatic carboxylic acids is 1. The van der Waals surface area contributed by atoms with Gasteiger partial charge in [0.2, 0.25) is 0 Å². The normalized spacial score (nSPS) is 14.9. The number of carboxylic acid groups (broad SMARTS) is 1. The van der Waals surface area contributed by atoms with Crippen LogP contribution in [0.15, 0.2) is 61.9 Å². The molecule has 204 valence electrons. The van der Waals surface area contributed by atoms with Crippen LogP contribution in [0.25, 0.3) is 6.08 Å². The summed E-state index contributed by atoms with van der Waals surface area (Å²) in [6, 6.07) is 9.49. The lowest BCUT2D eigenvalue weighted by Crippen LogP contribution is -2.39. The average Bonchev–Trinajstić information content (AvgIpc) is 3.20. The molecule has 0 saturated carbocycles. The number of allylic oxidation sites excluding steroid dienone is 1. The predicted octanol–water partition coefficient (Wildman–Crippen LogP) is 3.04. The number of hydrogen-bond donors (Lipinski definition) is 1. The van der Waals surface area contributed by atoms with Gasteiger partial charge in [-0.25, -0.2) is 14.6 Å². The van der Waals surface area contributed by atoms with Gasteiger partial charge < -0.3 is 24.1 Å². The van der Waals surface area contributed by atoms with Gasteiger partial charge in [0.15, 0.2) is 22.9 Å². The van der Waals surface area contributed by atoms with Crippen LogP contribution in [0.4, 0.5) is 0 Å². The summed E-state index contributed by atoms with van der Waals surface area (Å²) in [5.41, 5.74) is 1.70. The minimum Gasteiger partial charge on any atom is -0.496 e. The lowest BCUT2D eigenvalue weighted by Gasteiger charge is -2.25. The highest BCUT2D eigenvalue weighted by atomic mass is 79.9. The molecule has 39 heavy (non-hydrogen) atoms. The Morgan fingerprint density at radius 3 is 2.49 bits per heavy atom. The molecular weight excluding hydrogens is 592 g/mol. The van der Waals surface area contributed by atoms with Crippen molar-refractivity contribution in [3.05, 3.63) is 83.0 Å². The van der Waals surface area contributed by atoms with E-state index in [9.17, 15) is 14.4 Å². The van der Waals surface area contributed by atoms with Crippen LogP contribution in [0.2, 0.25) is 0 Å². The maximum absolute atomic E-state index is 13.8. The first-order chi connectivity index (χ1) is 18.7. The van der Waals surface area contributed by atoms with Crippen LogP contribution in [0.3, 0.4) is 0 Å². The van der Waals surface area contributed by atoms with Gasteiger partial charge in [0.1, 0.15) is 5.75 Å². The number of aromatic nitrogens is 1. The van der Waals surface area contributed by atoms with Crippen LogP contribution in [-0.4, -0.2) is 49.0 Å². The van der Waals surface area contributed by atoms with Gasteiger partial charge in [-0.1, -0.05) is 23.5 Å². The Morgan fingerprint density at radius 2 is 1.85 bits per heavy atom. The lowest BCUT2D eigenvalue weighted by atomic mass is 9.96. The second kappa shape index (κ2) is 11.9. The summed E-state index contributed by atoms with van der Waals surface area (Å²) < 4.78 is 23.8. The molecule has 0 radical (unpaired) electrons. The van der Waals surface area contributed by atoms with E-state index >= 15 is 0 Å². The van der Waals surface area contributed by atoms with E-state index in [0.717, 1.165) is 0 Å². The van der Waals surface area contributed by atoms with E-state index < -0.39 is 24.6 Å². The number of rotatable bonds is 9. The van der Waals surface area contributed by atoms with E-state index in [0.29, 0.717) is 42.1 Å². The third-order valence-electron chi connectivity index (χ3n) is 5.85. The maximum atomic E-state index is 13.8. The summed E-state index contributed by atoms with van der Waals surface area (Å²) in [6.07, 6.45) is 1.68. The molecule has 0 unspecified atom stereocenters. The molecule has 0 bridgehead atoms. The summed E-state index contributed by atoms with van der Waals surface area (Å²) in [5.74, 6) is -0.475. The molecule has 12 heteroatoms. The fourth-order valence-electron chi connectivity index (χ4n) is 4.14. The van der Waals surface area contributed by atoms with E-state index in [2.05, 4.69) is 20.9 Å². The molecule has 0 saturated heterocycles. The topological polar surface area (TPSA) is 126 Å². The summed E-state index contributed by atoms with van der Waals surface area (Å²) in [6.45, 7) is 3.09. The number of carboxylic acids is 1. The van der Waals surface area contributed by atoms with Crippen molar-refractivity contribution in [2.75, 3.05) is 27.4 Å². The number of nitrogens with zero attached hydrogens (tertiary/aromatic N) is 2. The Bertz CT molecular complexity index is 1660. The number of benzene rings is 2. The highest BCUT2D eigenvalue weighted by Gasteiger charge is 2.33. The van der Waals surface area contributed by atoms with Crippen molar-refractivity contribution >= 4 is 45.3 Å². The Balaban J connectivity index is 1.87. The number of carbonyl (C=O) groups is 2. The number of hydrogen-bond acceptors (Lipinski definition) is 9. The van der Waals surface area contributed by atoms with Gasteiger partial charge in [0.25, 0.3) is 5.56 Å². The Kier molecular flexibility index (Phi) is 8.56. The van der Waals surface area contributed by atoms with Gasteiger partial charge in [-0.3, -0.25) is 9.36 Å². The molecule has 1 atom stereocenters. The molecule has 0 aliphatic carbocycles. The third-order valence-corrected chi connectivity index (χ3v) is 7.45. The summed E-state index contributed by atoms with van der Waals surface area (Å²) >= 11 is 4.68. The third kappa shape index (κ3) is 5.76. The Morgan fingerprint density at radius 1 is 1.13 bits per heavy atom. The molecule has 0 spiro atoms. The van der Waals surface area contributed by atoms with Gasteiger partial charge in [-0.05, 0) is 71.2 Å². The number of methoxy groups -OCH3 is 2. The van der Waals surface area contributed by atoms with Gasteiger partial charge in [-0.2, -0.15) is 0 Å². The SMILES string of the molecule is CCOC(=O)C1=C(C)N=c2s/c(=C/c3ccc(OCC(=O)O)c(OC)c3)c(=O)n2[C@@H]1c1ccc(OC)c(Br)c1. The van der Waals surface area contributed by atoms with E-state index in [1.165, 1.54) is 23.0 Å². The quantitative estimate of drug-likeness (QED) is 0.364. The first-order valence-electron chi connectivity index (χ1n) is 11.7. The number of ether oxygens (including phenoxy) is 4. The number of carbonyl (C=O) groups excluding carboxylic acids is 1. The number of fused-ring (bicyclic) bond motifs is 1. The van der Waals surface area contributed by atoms with Crippen LogP contribution < -0.4 is 29.1 Å². The molecule has 2 aromatic carbocycles. The Hall–Kier alpha value is -3.90. The van der Waals surface area contributed by atoms with Crippen LogP contribution in [-0.2, 0) is 14.3 Å². The largest absolute Gasteiger partial charge is 0.496 e. The number of esters is 1. The summed E-state index contributed by atoms with van der Waals surface area (Å²) in [4.78, 5) is 42.7. The summed E-state index contributed by atoms with van der Waals surface area (Å²) in [7, 11) is 2.99. The van der Waals surface area contributed by atoms with Gasteiger partial charge in [0.05, 0.1) is 47.1 Å². The molecule has 1 aromatic heterocycles. The van der Waals surface area contributed by atoms with E-state index in [-0.39, 0.29) is 23.5 Å². The minimum atomic E-state index is -1.11. The second-order valence-corrected chi connectivity index (χ2v) is 10.2. The first-order valence-corrected chi connectivity index (χ1v) is 13.3. The number of halogens is 1. The predicted molar refractivity (Wildman–Crippen MR) is 147 cm³/mol. The molecular formula is C27H25BrN2O8S. The van der Waals surface area contributed by atoms with Crippen molar-refractivity contribution in [1.29, 1.82) is 0 Å². The Labute approximate surface area is 235 Å². The fourth-order valence-corrected chi connectivity index (χ4v) is 5.75. The van der Waals surface area contributed by atoms with E-state index in [1.807, 2.05) is 0 Å². The van der Waals surface area contributed by atoms with E-state index in [4.69, 9.17) is 24.1 Å². The zero-order valence-electron chi connectivity index (χ0n) is 21.5. The van der Waals surface area contributed by atoms with Crippen molar-refractivity contribution in [1.82, 2.24) is 4.57 Å². The fraction of sp³-hybridized carbons (Fsp3) is 0.259. The van der Waals surface area contributed by atoms with Crippen molar-refractivity contribution in [2.24, 2.45) is 4.99 Å². The molecule has 1 aliphatic rings. The monoisotopic (exact) mass is 616 g/mol. The molecule has 0 amide bonds. The van der Waals surface area contributed by atoms with Crippen LogP contribution in [0.5, 0.6) is 17.2 Å².